The largest absolute Gasteiger partial charge is 0.459 e. The lowest BCUT2D eigenvalue weighted by Gasteiger charge is -2.43. The van der Waals surface area contributed by atoms with Gasteiger partial charge in [0.25, 0.3) is 5.91 Å². The first-order valence-corrected chi connectivity index (χ1v) is 12.0. The minimum Gasteiger partial charge on any atom is -0.459 e. The minimum atomic E-state index is -0.459. The van der Waals surface area contributed by atoms with Crippen molar-refractivity contribution < 1.29 is 19.4 Å². The number of amides is 1. The van der Waals surface area contributed by atoms with Crippen molar-refractivity contribution in [2.24, 2.45) is 17.3 Å². The van der Waals surface area contributed by atoms with Crippen molar-refractivity contribution in [1.29, 1.82) is 0 Å². The maximum atomic E-state index is 13.4. The summed E-state index contributed by atoms with van der Waals surface area (Å²) in [5.41, 5.74) is 1.26. The lowest BCUT2D eigenvalue weighted by atomic mass is 9.70. The number of ether oxygens (including phenoxy) is 2. The SMILES string of the molecule is CCO[C@@H]1OC(C(=O)N2CCN(Cc3ccccc3)CC2)=C[C@H](C(C)(C)C)[C@H]1CCCO. The molecule has 3 atom stereocenters. The van der Waals surface area contributed by atoms with Crippen LogP contribution in [-0.4, -0.2) is 66.5 Å². The fourth-order valence-corrected chi connectivity index (χ4v) is 4.79. The van der Waals surface area contributed by atoms with Crippen molar-refractivity contribution in [3.63, 3.8) is 0 Å². The predicted octanol–water partition coefficient (Wildman–Crippen LogP) is 3.66. The molecule has 3 rings (SSSR count). The van der Waals surface area contributed by atoms with E-state index in [0.29, 0.717) is 31.9 Å². The number of aliphatic hydroxyl groups excluding tert-OH is 1. The number of piperazine rings is 1. The van der Waals surface area contributed by atoms with Crippen molar-refractivity contribution >= 4 is 5.91 Å². The Morgan fingerprint density at radius 2 is 1.84 bits per heavy atom. The van der Waals surface area contributed by atoms with E-state index >= 15 is 0 Å². The normalized spacial score (nSPS) is 24.7. The molecule has 1 amide bonds. The molecule has 0 aliphatic carbocycles. The van der Waals surface area contributed by atoms with Crippen LogP contribution in [0.2, 0.25) is 0 Å². The predicted molar refractivity (Wildman–Crippen MR) is 126 cm³/mol. The van der Waals surface area contributed by atoms with Gasteiger partial charge in [-0.25, -0.2) is 0 Å². The van der Waals surface area contributed by atoms with E-state index in [1.807, 2.05) is 24.0 Å². The number of rotatable bonds is 8. The molecule has 1 N–H and O–H groups in total. The summed E-state index contributed by atoms with van der Waals surface area (Å²) in [4.78, 5) is 17.7. The lowest BCUT2D eigenvalue weighted by Crippen LogP contribution is -2.50. The summed E-state index contributed by atoms with van der Waals surface area (Å²) in [6.07, 6.45) is 3.07. The Bertz CT molecular complexity index is 751. The fraction of sp³-hybridized carbons (Fsp3) is 0.654. The number of carbonyl (C=O) groups excluding carboxylic acids is 1. The summed E-state index contributed by atoms with van der Waals surface area (Å²) < 4.78 is 12.1. The maximum absolute atomic E-state index is 13.4. The number of carbonyl (C=O) groups is 1. The average Bonchev–Trinajstić information content (AvgIpc) is 2.78. The van der Waals surface area contributed by atoms with Crippen molar-refractivity contribution in [3.8, 4) is 0 Å². The van der Waals surface area contributed by atoms with E-state index in [1.165, 1.54) is 5.56 Å². The third-order valence-corrected chi connectivity index (χ3v) is 6.53. The highest BCUT2D eigenvalue weighted by atomic mass is 16.7. The molecule has 6 nitrogen and oxygen atoms in total. The molecule has 2 heterocycles. The van der Waals surface area contributed by atoms with Gasteiger partial charge in [0.15, 0.2) is 5.76 Å². The molecule has 2 aliphatic rings. The monoisotopic (exact) mass is 444 g/mol. The first-order valence-electron chi connectivity index (χ1n) is 12.0. The highest BCUT2D eigenvalue weighted by Gasteiger charge is 2.42. The molecule has 0 saturated carbocycles. The average molecular weight is 445 g/mol. The second-order valence-corrected chi connectivity index (χ2v) is 9.95. The van der Waals surface area contributed by atoms with E-state index in [2.05, 4.69) is 49.9 Å². The lowest BCUT2D eigenvalue weighted by molar-refractivity contribution is -0.182. The molecule has 6 heteroatoms. The van der Waals surface area contributed by atoms with Crippen molar-refractivity contribution in [1.82, 2.24) is 9.80 Å². The number of nitrogens with zero attached hydrogens (tertiary/aromatic N) is 2. The molecular formula is C26H40N2O4. The van der Waals surface area contributed by atoms with Gasteiger partial charge in [0.1, 0.15) is 0 Å². The zero-order valence-corrected chi connectivity index (χ0v) is 20.1. The van der Waals surface area contributed by atoms with Gasteiger partial charge in [-0.3, -0.25) is 9.69 Å². The molecule has 1 aromatic rings. The van der Waals surface area contributed by atoms with Gasteiger partial charge in [0.2, 0.25) is 6.29 Å². The maximum Gasteiger partial charge on any atom is 0.288 e. The van der Waals surface area contributed by atoms with Crippen LogP contribution in [0.15, 0.2) is 42.2 Å². The van der Waals surface area contributed by atoms with Gasteiger partial charge in [-0.1, -0.05) is 51.1 Å². The number of benzene rings is 1. The molecule has 2 aliphatic heterocycles. The fourth-order valence-electron chi connectivity index (χ4n) is 4.79. The third kappa shape index (κ3) is 6.33. The molecule has 178 valence electrons. The molecule has 1 aromatic carbocycles. The van der Waals surface area contributed by atoms with E-state index in [4.69, 9.17) is 9.47 Å². The van der Waals surface area contributed by atoms with Gasteiger partial charge in [0, 0.05) is 51.9 Å². The van der Waals surface area contributed by atoms with E-state index in [1.54, 1.807) is 0 Å². The van der Waals surface area contributed by atoms with Gasteiger partial charge in [-0.05, 0) is 42.7 Å². The Hall–Kier alpha value is -1.89. The Kier molecular flexibility index (Phi) is 8.74. The van der Waals surface area contributed by atoms with E-state index in [9.17, 15) is 9.90 Å². The second kappa shape index (κ2) is 11.3. The van der Waals surface area contributed by atoms with Crippen LogP contribution in [0.1, 0.15) is 46.1 Å². The molecule has 0 radical (unpaired) electrons. The summed E-state index contributed by atoms with van der Waals surface area (Å²) in [5, 5.41) is 9.37. The van der Waals surface area contributed by atoms with Gasteiger partial charge < -0.3 is 19.5 Å². The number of hydrogen-bond acceptors (Lipinski definition) is 5. The molecule has 1 fully saturated rings. The van der Waals surface area contributed by atoms with Crippen LogP contribution in [0.5, 0.6) is 0 Å². The Morgan fingerprint density at radius 3 is 2.44 bits per heavy atom. The topological polar surface area (TPSA) is 62.2 Å². The Labute approximate surface area is 193 Å². The van der Waals surface area contributed by atoms with Crippen molar-refractivity contribution in [3.05, 3.63) is 47.7 Å². The van der Waals surface area contributed by atoms with Crippen molar-refractivity contribution in [2.75, 3.05) is 39.4 Å². The molecule has 0 aromatic heterocycles. The standard InChI is InChI=1S/C26H40N2O4/c1-5-31-25-21(12-9-17-29)22(26(2,3)4)18-23(32-25)24(30)28-15-13-27(14-16-28)19-20-10-7-6-8-11-20/h6-8,10-11,18,21-22,25,29H,5,9,12-17,19H2,1-4H3/t21-,22+,25-/m1/s1. The van der Waals surface area contributed by atoms with E-state index in [-0.39, 0.29) is 29.8 Å². The Balaban J connectivity index is 1.68. The van der Waals surface area contributed by atoms with Gasteiger partial charge in [0.05, 0.1) is 0 Å². The van der Waals surface area contributed by atoms with Crippen LogP contribution in [0.3, 0.4) is 0 Å². The molecule has 0 spiro atoms. The Morgan fingerprint density at radius 1 is 1.16 bits per heavy atom. The highest BCUT2D eigenvalue weighted by molar-refractivity contribution is 5.91. The zero-order chi connectivity index (χ0) is 23.1. The van der Waals surface area contributed by atoms with Crippen molar-refractivity contribution in [2.45, 2.75) is 53.4 Å². The molecule has 0 bridgehead atoms. The first kappa shape index (κ1) is 24.7. The molecule has 32 heavy (non-hydrogen) atoms. The van der Waals surface area contributed by atoms with Crippen LogP contribution < -0.4 is 0 Å². The van der Waals surface area contributed by atoms with E-state index in [0.717, 1.165) is 26.1 Å². The minimum absolute atomic E-state index is 0.0380. The summed E-state index contributed by atoms with van der Waals surface area (Å²) >= 11 is 0. The van der Waals surface area contributed by atoms with Crippen LogP contribution in [0.25, 0.3) is 0 Å². The van der Waals surface area contributed by atoms with Gasteiger partial charge >= 0.3 is 0 Å². The van der Waals surface area contributed by atoms with Crippen LogP contribution >= 0.6 is 0 Å². The number of aliphatic hydroxyl groups is 1. The third-order valence-electron chi connectivity index (χ3n) is 6.53. The van der Waals surface area contributed by atoms with E-state index < -0.39 is 6.29 Å². The number of hydrogen-bond donors (Lipinski definition) is 1. The second-order valence-electron chi connectivity index (χ2n) is 9.95. The quantitative estimate of drug-likeness (QED) is 0.663. The van der Waals surface area contributed by atoms with Gasteiger partial charge in [-0.15, -0.1) is 0 Å². The zero-order valence-electron chi connectivity index (χ0n) is 20.1. The van der Waals surface area contributed by atoms with Crippen LogP contribution in [0, 0.1) is 17.3 Å². The molecular weight excluding hydrogens is 404 g/mol. The smallest absolute Gasteiger partial charge is 0.288 e. The van der Waals surface area contributed by atoms with Crippen LogP contribution in [0.4, 0.5) is 0 Å². The summed E-state index contributed by atoms with van der Waals surface area (Å²) in [6, 6.07) is 10.5. The molecule has 0 unspecified atom stereocenters. The summed E-state index contributed by atoms with van der Waals surface area (Å²) in [6.45, 7) is 13.2. The highest BCUT2D eigenvalue weighted by Crippen LogP contribution is 2.43. The summed E-state index contributed by atoms with van der Waals surface area (Å²) in [5.74, 6) is 0.628. The number of allylic oxidation sites excluding steroid dienone is 1. The first-order chi connectivity index (χ1) is 15.3. The molecule has 1 saturated heterocycles. The summed E-state index contributed by atoms with van der Waals surface area (Å²) in [7, 11) is 0. The van der Waals surface area contributed by atoms with Crippen LogP contribution in [-0.2, 0) is 20.8 Å². The van der Waals surface area contributed by atoms with Gasteiger partial charge in [-0.2, -0.15) is 0 Å².